The van der Waals surface area contributed by atoms with E-state index < -0.39 is 24.3 Å². The van der Waals surface area contributed by atoms with Crippen molar-refractivity contribution in [3.8, 4) is 11.5 Å². The molecule has 8 nitrogen and oxygen atoms in total. The van der Waals surface area contributed by atoms with E-state index in [1.165, 1.54) is 12.1 Å². The van der Waals surface area contributed by atoms with Crippen molar-refractivity contribution in [2.45, 2.75) is 26.6 Å². The van der Waals surface area contributed by atoms with Crippen LogP contribution in [0.15, 0.2) is 54.6 Å². The predicted octanol–water partition coefficient (Wildman–Crippen LogP) is 4.39. The maximum atomic E-state index is 13.9. The molecular formula is C29H29F2N3O5. The van der Waals surface area contributed by atoms with Gasteiger partial charge in [0.15, 0.2) is 11.5 Å². The normalized spacial score (nSPS) is 14.8. The molecule has 1 fully saturated rings. The molecule has 0 saturated carbocycles. The molecule has 2 heterocycles. The van der Waals surface area contributed by atoms with Gasteiger partial charge in [0.05, 0.1) is 5.56 Å². The maximum Gasteiger partial charge on any atom is 0.407 e. The molecule has 204 valence electrons. The van der Waals surface area contributed by atoms with Gasteiger partial charge in [-0.2, -0.15) is 0 Å². The molecule has 2 aliphatic heterocycles. The standard InChI is InChI=1S/C29H29F2N3O5/c1-19-12-24(30)23(25(31)13-19)17-37-29(36)32-15-20-2-5-22(6-3-20)28(35)34-10-8-33(9-11-34)16-21-4-7-26-27(14-21)39-18-38-26/h2-7,12-14H,8-11,15-18H2,1H3,(H,32,36). The second-order valence-corrected chi connectivity index (χ2v) is 9.59. The van der Waals surface area contributed by atoms with Crippen LogP contribution in [0.2, 0.25) is 0 Å². The molecule has 39 heavy (non-hydrogen) atoms. The van der Waals surface area contributed by atoms with Gasteiger partial charge in [0, 0.05) is 44.8 Å². The van der Waals surface area contributed by atoms with Crippen LogP contribution in [0.25, 0.3) is 0 Å². The van der Waals surface area contributed by atoms with Crippen LogP contribution < -0.4 is 14.8 Å². The molecule has 0 unspecified atom stereocenters. The second-order valence-electron chi connectivity index (χ2n) is 9.59. The summed E-state index contributed by atoms with van der Waals surface area (Å²) in [5, 5.41) is 2.55. The molecule has 0 bridgehead atoms. The number of nitrogens with zero attached hydrogens (tertiary/aromatic N) is 2. The summed E-state index contributed by atoms with van der Waals surface area (Å²) in [4.78, 5) is 29.1. The Hall–Kier alpha value is -4.18. The highest BCUT2D eigenvalue weighted by molar-refractivity contribution is 5.94. The van der Waals surface area contributed by atoms with Crippen molar-refractivity contribution in [2.75, 3.05) is 33.0 Å². The third-order valence-electron chi connectivity index (χ3n) is 6.77. The predicted molar refractivity (Wildman–Crippen MR) is 138 cm³/mol. The molecule has 10 heteroatoms. The number of ether oxygens (including phenoxy) is 3. The monoisotopic (exact) mass is 537 g/mol. The number of carbonyl (C=O) groups excluding carboxylic acids is 2. The lowest BCUT2D eigenvalue weighted by Gasteiger charge is -2.34. The zero-order chi connectivity index (χ0) is 27.4. The van der Waals surface area contributed by atoms with Crippen LogP contribution in [0.3, 0.4) is 0 Å². The van der Waals surface area contributed by atoms with Gasteiger partial charge in [0.25, 0.3) is 5.91 Å². The summed E-state index contributed by atoms with van der Waals surface area (Å²) in [6.07, 6.45) is -0.798. The molecule has 2 amide bonds. The topological polar surface area (TPSA) is 80.3 Å². The van der Waals surface area contributed by atoms with E-state index >= 15 is 0 Å². The van der Waals surface area contributed by atoms with Crippen molar-refractivity contribution in [1.29, 1.82) is 0 Å². The minimum absolute atomic E-state index is 0.0428. The van der Waals surface area contributed by atoms with E-state index in [1.807, 2.05) is 23.1 Å². The summed E-state index contributed by atoms with van der Waals surface area (Å²) >= 11 is 0. The summed E-state index contributed by atoms with van der Waals surface area (Å²) in [5.74, 6) is -0.0237. The number of piperazine rings is 1. The summed E-state index contributed by atoms with van der Waals surface area (Å²) in [6.45, 7) is 5.02. The average molecular weight is 538 g/mol. The number of carbonyl (C=O) groups is 2. The third kappa shape index (κ3) is 6.46. The van der Waals surface area contributed by atoms with Crippen molar-refractivity contribution in [3.63, 3.8) is 0 Å². The Labute approximate surface area is 225 Å². The first kappa shape index (κ1) is 26.4. The number of halogens is 2. The van der Waals surface area contributed by atoms with Crippen LogP contribution in [-0.2, 0) is 24.4 Å². The fraction of sp³-hybridized carbons (Fsp3) is 0.310. The first-order valence-electron chi connectivity index (χ1n) is 12.7. The zero-order valence-corrected chi connectivity index (χ0v) is 21.5. The molecule has 1 saturated heterocycles. The number of aryl methyl sites for hydroxylation is 1. The van der Waals surface area contributed by atoms with Crippen molar-refractivity contribution >= 4 is 12.0 Å². The Morgan fingerprint density at radius 3 is 2.28 bits per heavy atom. The van der Waals surface area contributed by atoms with Crippen LogP contribution in [0.4, 0.5) is 13.6 Å². The van der Waals surface area contributed by atoms with Crippen molar-refractivity contribution in [1.82, 2.24) is 15.1 Å². The lowest BCUT2D eigenvalue weighted by molar-refractivity contribution is 0.0628. The maximum absolute atomic E-state index is 13.9. The highest BCUT2D eigenvalue weighted by Gasteiger charge is 2.23. The first-order chi connectivity index (χ1) is 18.9. The SMILES string of the molecule is Cc1cc(F)c(COC(=O)NCc2ccc(C(=O)N3CCN(Cc4ccc5c(c4)OCO5)CC3)cc2)c(F)c1. The van der Waals surface area contributed by atoms with E-state index in [-0.39, 0.29) is 24.8 Å². The number of hydrogen-bond acceptors (Lipinski definition) is 6. The van der Waals surface area contributed by atoms with E-state index in [2.05, 4.69) is 10.2 Å². The number of amides is 2. The van der Waals surface area contributed by atoms with Crippen molar-refractivity contribution in [3.05, 3.63) is 94.0 Å². The quantitative estimate of drug-likeness (QED) is 0.482. The molecule has 3 aromatic rings. The molecule has 0 spiro atoms. The Morgan fingerprint density at radius 2 is 1.56 bits per heavy atom. The van der Waals surface area contributed by atoms with Gasteiger partial charge in [-0.3, -0.25) is 9.69 Å². The van der Waals surface area contributed by atoms with Gasteiger partial charge in [-0.15, -0.1) is 0 Å². The molecule has 0 aromatic heterocycles. The van der Waals surface area contributed by atoms with Crippen LogP contribution >= 0.6 is 0 Å². The number of benzene rings is 3. The summed E-state index contributed by atoms with van der Waals surface area (Å²) in [6, 6.07) is 15.3. The Balaban J connectivity index is 1.06. The van der Waals surface area contributed by atoms with E-state index in [0.29, 0.717) is 24.2 Å². The summed E-state index contributed by atoms with van der Waals surface area (Å²) in [7, 11) is 0. The zero-order valence-electron chi connectivity index (χ0n) is 21.5. The third-order valence-corrected chi connectivity index (χ3v) is 6.77. The lowest BCUT2D eigenvalue weighted by Crippen LogP contribution is -2.48. The fourth-order valence-corrected chi connectivity index (χ4v) is 4.58. The lowest BCUT2D eigenvalue weighted by atomic mass is 10.1. The molecule has 0 atom stereocenters. The molecule has 3 aromatic carbocycles. The highest BCUT2D eigenvalue weighted by Crippen LogP contribution is 2.33. The Morgan fingerprint density at radius 1 is 0.897 bits per heavy atom. The van der Waals surface area contributed by atoms with Gasteiger partial charge in [-0.25, -0.2) is 13.6 Å². The van der Waals surface area contributed by atoms with E-state index in [9.17, 15) is 18.4 Å². The largest absolute Gasteiger partial charge is 0.454 e. The van der Waals surface area contributed by atoms with Crippen LogP contribution in [0.1, 0.15) is 32.6 Å². The molecular weight excluding hydrogens is 508 g/mol. The summed E-state index contributed by atoms with van der Waals surface area (Å²) in [5.41, 5.74) is 2.61. The number of hydrogen-bond donors (Lipinski definition) is 1. The van der Waals surface area contributed by atoms with Crippen LogP contribution in [-0.4, -0.2) is 54.8 Å². The highest BCUT2D eigenvalue weighted by atomic mass is 19.1. The van der Waals surface area contributed by atoms with E-state index in [1.54, 1.807) is 31.2 Å². The van der Waals surface area contributed by atoms with Gasteiger partial charge in [0.2, 0.25) is 6.79 Å². The first-order valence-corrected chi connectivity index (χ1v) is 12.7. The van der Waals surface area contributed by atoms with Gasteiger partial charge < -0.3 is 24.4 Å². The fourth-order valence-electron chi connectivity index (χ4n) is 4.58. The molecule has 0 aliphatic carbocycles. The second kappa shape index (κ2) is 11.7. The summed E-state index contributed by atoms with van der Waals surface area (Å²) < 4.78 is 43.6. The van der Waals surface area contributed by atoms with Crippen LogP contribution in [0, 0.1) is 18.6 Å². The van der Waals surface area contributed by atoms with Gasteiger partial charge in [-0.05, 0) is 60.0 Å². The minimum atomic E-state index is -0.798. The van der Waals surface area contributed by atoms with E-state index in [4.69, 9.17) is 14.2 Å². The smallest absolute Gasteiger partial charge is 0.407 e. The van der Waals surface area contributed by atoms with Gasteiger partial charge in [-0.1, -0.05) is 18.2 Å². The average Bonchev–Trinajstić information content (AvgIpc) is 3.40. The number of nitrogens with one attached hydrogen (secondary N) is 1. The van der Waals surface area contributed by atoms with Gasteiger partial charge in [0.1, 0.15) is 18.2 Å². The van der Waals surface area contributed by atoms with Crippen molar-refractivity contribution < 1.29 is 32.6 Å². The minimum Gasteiger partial charge on any atom is -0.454 e. The number of rotatable bonds is 7. The van der Waals surface area contributed by atoms with Gasteiger partial charge >= 0.3 is 6.09 Å². The van der Waals surface area contributed by atoms with Crippen molar-refractivity contribution in [2.24, 2.45) is 0 Å². The molecule has 5 rings (SSSR count). The molecule has 0 radical (unpaired) electrons. The van der Waals surface area contributed by atoms with Crippen LogP contribution in [0.5, 0.6) is 11.5 Å². The Kier molecular flexibility index (Phi) is 7.92. The molecule has 1 N–H and O–H groups in total. The Bertz CT molecular complexity index is 1330. The molecule has 2 aliphatic rings. The van der Waals surface area contributed by atoms with E-state index in [0.717, 1.165) is 42.3 Å². The number of alkyl carbamates (subject to hydrolysis) is 1. The number of fused-ring (bicyclic) bond motifs is 1.